The summed E-state index contributed by atoms with van der Waals surface area (Å²) < 4.78 is 0. The van der Waals surface area contributed by atoms with E-state index in [1.54, 1.807) is 17.0 Å². The lowest BCUT2D eigenvalue weighted by atomic mass is 10.0. The van der Waals surface area contributed by atoms with Gasteiger partial charge in [-0.2, -0.15) is 0 Å². The molecule has 0 saturated carbocycles. The largest absolute Gasteiger partial charge is 0.507 e. The van der Waals surface area contributed by atoms with Crippen molar-refractivity contribution in [3.05, 3.63) is 42.0 Å². The molecule has 1 fully saturated rings. The lowest BCUT2D eigenvalue weighted by molar-refractivity contribution is -0.132. The van der Waals surface area contributed by atoms with Crippen molar-refractivity contribution in [2.24, 2.45) is 0 Å². The Kier molecular flexibility index (Phi) is 4.40. The predicted molar refractivity (Wildman–Crippen MR) is 89.7 cm³/mol. The highest BCUT2D eigenvalue weighted by Crippen LogP contribution is 2.25. The van der Waals surface area contributed by atoms with Gasteiger partial charge in [0.05, 0.1) is 17.7 Å². The highest BCUT2D eigenvalue weighted by molar-refractivity contribution is 6.01. The number of nitrogens with zero attached hydrogens (tertiary/aromatic N) is 1. The number of fused-ring (bicyclic) bond motifs is 1. The number of amides is 2. The van der Waals surface area contributed by atoms with Crippen molar-refractivity contribution in [2.45, 2.75) is 25.5 Å². The molecule has 0 unspecified atom stereocenters. The van der Waals surface area contributed by atoms with Crippen LogP contribution in [0.15, 0.2) is 36.4 Å². The fourth-order valence-corrected chi connectivity index (χ4v) is 3.04. The summed E-state index contributed by atoms with van der Waals surface area (Å²) >= 11 is 0. The van der Waals surface area contributed by atoms with Gasteiger partial charge in [0.2, 0.25) is 5.91 Å². The summed E-state index contributed by atoms with van der Waals surface area (Å²) in [6, 6.07) is 10.2. The number of aromatic hydroxyl groups is 1. The SMILES string of the molecule is CC(=O)N1CC[C@@H](NC(=O)c2cc3ccccc3cc2O)[C@H](O)C1. The minimum Gasteiger partial charge on any atom is -0.507 e. The van der Waals surface area contributed by atoms with Crippen LogP contribution in [0, 0.1) is 0 Å². The van der Waals surface area contributed by atoms with Gasteiger partial charge in [-0.3, -0.25) is 9.59 Å². The Morgan fingerprint density at radius 1 is 1.21 bits per heavy atom. The molecule has 6 heteroatoms. The van der Waals surface area contributed by atoms with Gasteiger partial charge in [0.25, 0.3) is 5.91 Å². The van der Waals surface area contributed by atoms with E-state index in [-0.39, 0.29) is 23.8 Å². The summed E-state index contributed by atoms with van der Waals surface area (Å²) in [5.41, 5.74) is 0.176. The number of hydrogen-bond donors (Lipinski definition) is 3. The number of carbonyl (C=O) groups is 2. The van der Waals surface area contributed by atoms with Gasteiger partial charge in [-0.1, -0.05) is 24.3 Å². The van der Waals surface area contributed by atoms with Crippen LogP contribution in [0.4, 0.5) is 0 Å². The minimum absolute atomic E-state index is 0.0917. The minimum atomic E-state index is -0.825. The maximum absolute atomic E-state index is 12.5. The second-order valence-electron chi connectivity index (χ2n) is 6.12. The monoisotopic (exact) mass is 328 g/mol. The van der Waals surface area contributed by atoms with Gasteiger partial charge in [0.15, 0.2) is 0 Å². The fourth-order valence-electron chi connectivity index (χ4n) is 3.04. The summed E-state index contributed by atoms with van der Waals surface area (Å²) in [7, 11) is 0. The quantitative estimate of drug-likeness (QED) is 0.774. The van der Waals surface area contributed by atoms with Crippen molar-refractivity contribution in [1.29, 1.82) is 0 Å². The van der Waals surface area contributed by atoms with Crippen LogP contribution in [-0.4, -0.2) is 52.2 Å². The Morgan fingerprint density at radius 3 is 2.50 bits per heavy atom. The molecule has 1 saturated heterocycles. The average Bonchev–Trinajstić information content (AvgIpc) is 2.55. The van der Waals surface area contributed by atoms with Crippen molar-refractivity contribution < 1.29 is 19.8 Å². The van der Waals surface area contributed by atoms with Crippen LogP contribution in [0.1, 0.15) is 23.7 Å². The summed E-state index contributed by atoms with van der Waals surface area (Å²) in [6.07, 6.45) is -0.352. The average molecular weight is 328 g/mol. The normalized spacial score (nSPS) is 20.8. The smallest absolute Gasteiger partial charge is 0.255 e. The third-order valence-electron chi connectivity index (χ3n) is 4.45. The van der Waals surface area contributed by atoms with Crippen LogP contribution >= 0.6 is 0 Å². The number of β-amino-alcohol motifs (C(OH)–C–C–N with tert-alkyl or cyclic N) is 1. The number of phenolic OH excluding ortho intramolecular Hbond substituents is 1. The van der Waals surface area contributed by atoms with Gasteiger partial charge in [-0.15, -0.1) is 0 Å². The van der Waals surface area contributed by atoms with Crippen molar-refractivity contribution >= 4 is 22.6 Å². The standard InChI is InChI=1S/C18H20N2O4/c1-11(21)20-7-6-15(17(23)10-20)19-18(24)14-8-12-4-2-3-5-13(12)9-16(14)22/h2-5,8-9,15,17,22-23H,6-7,10H2,1H3,(H,19,24)/t15-,17-/m1/s1. The van der Waals surface area contributed by atoms with Gasteiger partial charge in [0.1, 0.15) is 5.75 Å². The molecule has 2 aromatic rings. The number of rotatable bonds is 2. The zero-order valence-corrected chi connectivity index (χ0v) is 13.4. The molecule has 126 valence electrons. The molecule has 3 N–H and O–H groups in total. The molecule has 0 bridgehead atoms. The van der Waals surface area contributed by atoms with Gasteiger partial charge in [-0.05, 0) is 29.3 Å². The van der Waals surface area contributed by atoms with Crippen LogP contribution < -0.4 is 5.32 Å². The van der Waals surface area contributed by atoms with E-state index >= 15 is 0 Å². The molecular weight excluding hydrogens is 308 g/mol. The Bertz CT molecular complexity index is 790. The number of phenols is 1. The van der Waals surface area contributed by atoms with Crippen LogP contribution in [0.2, 0.25) is 0 Å². The summed E-state index contributed by atoms with van der Waals surface area (Å²) in [6.45, 7) is 2.14. The second kappa shape index (κ2) is 6.49. The number of aliphatic hydroxyl groups is 1. The third-order valence-corrected chi connectivity index (χ3v) is 4.45. The van der Waals surface area contributed by atoms with Crippen LogP contribution in [0.5, 0.6) is 5.75 Å². The van der Waals surface area contributed by atoms with E-state index in [4.69, 9.17) is 0 Å². The first-order valence-corrected chi connectivity index (χ1v) is 7.92. The summed E-state index contributed by atoms with van der Waals surface area (Å²) in [5, 5.41) is 24.7. The van der Waals surface area contributed by atoms with E-state index in [9.17, 15) is 19.8 Å². The van der Waals surface area contributed by atoms with E-state index < -0.39 is 18.1 Å². The van der Waals surface area contributed by atoms with E-state index in [0.29, 0.717) is 13.0 Å². The Morgan fingerprint density at radius 2 is 1.88 bits per heavy atom. The molecule has 0 aromatic heterocycles. The molecule has 0 spiro atoms. The molecule has 1 heterocycles. The lowest BCUT2D eigenvalue weighted by Gasteiger charge is -2.35. The van der Waals surface area contributed by atoms with Crippen molar-refractivity contribution in [2.75, 3.05) is 13.1 Å². The first-order chi connectivity index (χ1) is 11.5. The number of nitrogens with one attached hydrogen (secondary N) is 1. The molecule has 1 aliphatic heterocycles. The number of benzene rings is 2. The summed E-state index contributed by atoms with van der Waals surface area (Å²) in [4.78, 5) is 25.4. The van der Waals surface area contributed by atoms with Crippen LogP contribution in [-0.2, 0) is 4.79 Å². The number of piperidine rings is 1. The van der Waals surface area contributed by atoms with Crippen molar-refractivity contribution in [1.82, 2.24) is 10.2 Å². The van der Waals surface area contributed by atoms with Gasteiger partial charge in [-0.25, -0.2) is 0 Å². The fraction of sp³-hybridized carbons (Fsp3) is 0.333. The molecule has 2 aromatic carbocycles. The third kappa shape index (κ3) is 3.19. The molecule has 0 radical (unpaired) electrons. The molecule has 2 atom stereocenters. The number of aliphatic hydroxyl groups excluding tert-OH is 1. The Balaban J connectivity index is 1.76. The molecular formula is C18H20N2O4. The summed E-state index contributed by atoms with van der Waals surface area (Å²) in [5.74, 6) is -0.619. The Labute approximate surface area is 139 Å². The molecule has 2 amide bonds. The molecule has 3 rings (SSSR count). The van der Waals surface area contributed by atoms with Gasteiger partial charge in [0, 0.05) is 20.0 Å². The number of hydrogen-bond acceptors (Lipinski definition) is 4. The highest BCUT2D eigenvalue weighted by Gasteiger charge is 2.30. The second-order valence-corrected chi connectivity index (χ2v) is 6.12. The molecule has 1 aliphatic rings. The predicted octanol–water partition coefficient (Wildman–Crippen LogP) is 1.26. The van der Waals surface area contributed by atoms with Crippen molar-refractivity contribution in [3.8, 4) is 5.75 Å². The highest BCUT2D eigenvalue weighted by atomic mass is 16.3. The van der Waals surface area contributed by atoms with E-state index in [0.717, 1.165) is 10.8 Å². The zero-order valence-electron chi connectivity index (χ0n) is 13.4. The van der Waals surface area contributed by atoms with Crippen LogP contribution in [0.25, 0.3) is 10.8 Å². The maximum atomic E-state index is 12.5. The first kappa shape index (κ1) is 16.3. The maximum Gasteiger partial charge on any atom is 0.255 e. The van der Waals surface area contributed by atoms with E-state index in [1.807, 2.05) is 24.3 Å². The first-order valence-electron chi connectivity index (χ1n) is 7.92. The Hall–Kier alpha value is -2.60. The number of likely N-dealkylation sites (tertiary alicyclic amines) is 1. The topological polar surface area (TPSA) is 89.9 Å². The van der Waals surface area contributed by atoms with Gasteiger partial charge < -0.3 is 20.4 Å². The van der Waals surface area contributed by atoms with Crippen molar-refractivity contribution in [3.63, 3.8) is 0 Å². The number of carbonyl (C=O) groups excluding carboxylic acids is 2. The lowest BCUT2D eigenvalue weighted by Crippen LogP contribution is -2.55. The van der Waals surface area contributed by atoms with E-state index in [2.05, 4.69) is 5.32 Å². The van der Waals surface area contributed by atoms with E-state index in [1.165, 1.54) is 6.92 Å². The van der Waals surface area contributed by atoms with Crippen LogP contribution in [0.3, 0.4) is 0 Å². The molecule has 0 aliphatic carbocycles. The molecule has 6 nitrogen and oxygen atoms in total. The molecule has 24 heavy (non-hydrogen) atoms. The van der Waals surface area contributed by atoms with Gasteiger partial charge >= 0.3 is 0 Å². The zero-order chi connectivity index (χ0) is 17.3.